The lowest BCUT2D eigenvalue weighted by Gasteiger charge is -2.43. The average Bonchev–Trinajstić information content (AvgIpc) is 3.22. The number of amides is 1. The van der Waals surface area contributed by atoms with Crippen LogP contribution in [0.5, 0.6) is 0 Å². The summed E-state index contributed by atoms with van der Waals surface area (Å²) in [5, 5.41) is 11.3. The van der Waals surface area contributed by atoms with E-state index >= 15 is 0 Å². The maximum Gasteiger partial charge on any atom is 0.345 e. The van der Waals surface area contributed by atoms with E-state index in [-0.39, 0.29) is 5.91 Å². The summed E-state index contributed by atoms with van der Waals surface area (Å²) in [6.07, 6.45) is 2.05. The first-order valence-electron chi connectivity index (χ1n) is 7.99. The van der Waals surface area contributed by atoms with Crippen LogP contribution in [-0.4, -0.2) is 46.6 Å². The summed E-state index contributed by atoms with van der Waals surface area (Å²) in [4.78, 5) is 31.1. The molecule has 3 N–H and O–H groups in total. The van der Waals surface area contributed by atoms with Gasteiger partial charge in [0.15, 0.2) is 5.13 Å². The molecule has 7 nitrogen and oxygen atoms in total. The minimum Gasteiger partial charge on any atom is -0.477 e. The summed E-state index contributed by atoms with van der Waals surface area (Å²) in [6, 6.07) is 1.75. The molecule has 4 rings (SSSR count). The topological polar surface area (TPSA) is 106 Å². The van der Waals surface area contributed by atoms with Crippen LogP contribution in [0.25, 0.3) is 0 Å². The number of hydrogen-bond acceptors (Lipinski definition) is 7. The lowest BCUT2D eigenvalue weighted by Crippen LogP contribution is -2.48. The molecular formula is C16H17N3O4S2. The van der Waals surface area contributed by atoms with Crippen molar-refractivity contribution in [3.05, 3.63) is 32.5 Å². The maximum atomic E-state index is 12.5. The zero-order valence-electron chi connectivity index (χ0n) is 13.4. The fraction of sp³-hybridized carbons (Fsp3) is 0.438. The predicted molar refractivity (Wildman–Crippen MR) is 94.3 cm³/mol. The number of aromatic nitrogens is 1. The van der Waals surface area contributed by atoms with E-state index in [1.807, 2.05) is 0 Å². The molecule has 1 amide bonds. The number of aromatic carboxylic acids is 1. The summed E-state index contributed by atoms with van der Waals surface area (Å²) >= 11 is 2.59. The number of ether oxygens (including phenoxy) is 1. The normalized spacial score (nSPS) is 19.0. The molecule has 2 aromatic rings. The number of nitrogen functional groups attached to an aromatic ring is 1. The van der Waals surface area contributed by atoms with Crippen molar-refractivity contribution >= 4 is 39.7 Å². The minimum atomic E-state index is -0.900. The van der Waals surface area contributed by atoms with E-state index in [4.69, 9.17) is 10.5 Å². The van der Waals surface area contributed by atoms with E-state index in [0.717, 1.165) is 16.9 Å². The Morgan fingerprint density at radius 2 is 2.12 bits per heavy atom. The minimum absolute atomic E-state index is 0.115. The Morgan fingerprint density at radius 3 is 2.76 bits per heavy atom. The number of carbonyl (C=O) groups is 2. The van der Waals surface area contributed by atoms with Crippen LogP contribution < -0.4 is 5.73 Å². The number of carbonyl (C=O) groups excluding carboxylic acids is 1. The van der Waals surface area contributed by atoms with E-state index in [1.165, 1.54) is 22.7 Å². The maximum absolute atomic E-state index is 12.5. The van der Waals surface area contributed by atoms with Crippen molar-refractivity contribution in [1.29, 1.82) is 0 Å². The average molecular weight is 379 g/mol. The van der Waals surface area contributed by atoms with Crippen molar-refractivity contribution in [2.24, 2.45) is 0 Å². The number of fused-ring (bicyclic) bond motifs is 2. The monoisotopic (exact) mass is 379 g/mol. The third-order valence-corrected chi connectivity index (χ3v) is 6.67. The van der Waals surface area contributed by atoms with Gasteiger partial charge >= 0.3 is 5.97 Å². The van der Waals surface area contributed by atoms with Gasteiger partial charge in [0, 0.05) is 29.8 Å². The summed E-state index contributed by atoms with van der Waals surface area (Å²) in [5.41, 5.74) is 6.50. The number of anilines is 1. The number of carboxylic acid groups (broad SMARTS) is 1. The Labute approximate surface area is 152 Å². The van der Waals surface area contributed by atoms with Crippen molar-refractivity contribution < 1.29 is 19.4 Å². The molecule has 0 bridgehead atoms. The summed E-state index contributed by atoms with van der Waals surface area (Å²) in [7, 11) is 0. The fourth-order valence-electron chi connectivity index (χ4n) is 3.55. The number of thiophene rings is 1. The molecule has 9 heteroatoms. The summed E-state index contributed by atoms with van der Waals surface area (Å²) in [5.74, 6) is -1.02. The third-order valence-electron chi connectivity index (χ3n) is 4.82. The molecule has 0 aromatic carbocycles. The van der Waals surface area contributed by atoms with Crippen molar-refractivity contribution in [3.8, 4) is 0 Å². The van der Waals surface area contributed by atoms with Gasteiger partial charge in [-0.15, -0.1) is 22.7 Å². The van der Waals surface area contributed by atoms with E-state index < -0.39 is 11.6 Å². The predicted octanol–water partition coefficient (Wildman–Crippen LogP) is 2.19. The van der Waals surface area contributed by atoms with Gasteiger partial charge in [-0.05, 0) is 24.5 Å². The van der Waals surface area contributed by atoms with Gasteiger partial charge in [0.1, 0.15) is 10.6 Å². The molecule has 132 valence electrons. The van der Waals surface area contributed by atoms with Crippen molar-refractivity contribution in [2.45, 2.75) is 24.9 Å². The van der Waals surface area contributed by atoms with Crippen LogP contribution in [0.3, 0.4) is 0 Å². The van der Waals surface area contributed by atoms with Gasteiger partial charge in [0.05, 0.1) is 12.2 Å². The summed E-state index contributed by atoms with van der Waals surface area (Å²) in [6.45, 7) is 1.69. The molecule has 4 heterocycles. The first kappa shape index (κ1) is 16.5. The lowest BCUT2D eigenvalue weighted by molar-refractivity contribution is -0.0926. The number of nitrogens with two attached hydrogens (primary N) is 1. The molecule has 0 saturated carbocycles. The van der Waals surface area contributed by atoms with Crippen LogP contribution in [0.4, 0.5) is 5.13 Å². The number of nitrogens with zero attached hydrogens (tertiary/aromatic N) is 2. The molecule has 0 radical (unpaired) electrons. The second-order valence-corrected chi connectivity index (χ2v) is 8.24. The van der Waals surface area contributed by atoms with E-state index in [2.05, 4.69) is 4.98 Å². The standard InChI is InChI=1S/C16H17N3O4S2/c17-15-18-10(8-24-15)13(20)19-4-2-16(3-5-19)9-7-12(14(21)22)25-11(9)1-6-23-16/h7-8H,1-6H2,(H2,17,18)(H,21,22). The Balaban J connectivity index is 1.54. The number of rotatable bonds is 2. The Bertz CT molecular complexity index is 836. The van der Waals surface area contributed by atoms with Gasteiger partial charge in [0.25, 0.3) is 5.91 Å². The first-order valence-corrected chi connectivity index (χ1v) is 9.69. The zero-order chi connectivity index (χ0) is 17.6. The molecule has 1 spiro atoms. The molecule has 2 aliphatic rings. The highest BCUT2D eigenvalue weighted by Crippen LogP contribution is 2.44. The summed E-state index contributed by atoms with van der Waals surface area (Å²) < 4.78 is 6.11. The van der Waals surface area contributed by atoms with Crippen LogP contribution in [-0.2, 0) is 16.8 Å². The van der Waals surface area contributed by atoms with Gasteiger partial charge in [0.2, 0.25) is 0 Å². The first-order chi connectivity index (χ1) is 12.0. The molecular weight excluding hydrogens is 362 g/mol. The number of likely N-dealkylation sites (tertiary alicyclic amines) is 1. The van der Waals surface area contributed by atoms with Crippen LogP contribution in [0, 0.1) is 0 Å². The van der Waals surface area contributed by atoms with Gasteiger partial charge < -0.3 is 20.5 Å². The molecule has 1 fully saturated rings. The van der Waals surface area contributed by atoms with Gasteiger partial charge in [-0.3, -0.25) is 4.79 Å². The van der Waals surface area contributed by atoms with Gasteiger partial charge in [-0.25, -0.2) is 9.78 Å². The van der Waals surface area contributed by atoms with Crippen LogP contribution in [0.2, 0.25) is 0 Å². The number of piperidine rings is 1. The Kier molecular flexibility index (Phi) is 4.01. The molecule has 2 aliphatic heterocycles. The molecule has 0 atom stereocenters. The van der Waals surface area contributed by atoms with E-state index in [0.29, 0.717) is 48.2 Å². The van der Waals surface area contributed by atoms with E-state index in [1.54, 1.807) is 16.3 Å². The highest BCUT2D eigenvalue weighted by molar-refractivity contribution is 7.14. The smallest absolute Gasteiger partial charge is 0.345 e. The number of thiazole rings is 1. The van der Waals surface area contributed by atoms with Gasteiger partial charge in [-0.2, -0.15) is 0 Å². The highest BCUT2D eigenvalue weighted by atomic mass is 32.1. The third kappa shape index (κ3) is 2.82. The largest absolute Gasteiger partial charge is 0.477 e. The van der Waals surface area contributed by atoms with E-state index in [9.17, 15) is 14.7 Å². The number of carboxylic acids is 1. The lowest BCUT2D eigenvalue weighted by atomic mass is 9.82. The molecule has 25 heavy (non-hydrogen) atoms. The SMILES string of the molecule is Nc1nc(C(=O)N2CCC3(CC2)OCCc2sc(C(=O)O)cc23)cs1. The second-order valence-electron chi connectivity index (χ2n) is 6.21. The highest BCUT2D eigenvalue weighted by Gasteiger charge is 2.43. The Hall–Kier alpha value is -1.97. The van der Waals surface area contributed by atoms with Crippen molar-refractivity contribution in [2.75, 3.05) is 25.4 Å². The quantitative estimate of drug-likeness (QED) is 0.828. The van der Waals surface area contributed by atoms with Crippen molar-refractivity contribution in [1.82, 2.24) is 9.88 Å². The van der Waals surface area contributed by atoms with Crippen LogP contribution in [0.1, 0.15) is 43.4 Å². The number of hydrogen-bond donors (Lipinski definition) is 2. The van der Waals surface area contributed by atoms with Crippen LogP contribution in [0.15, 0.2) is 11.4 Å². The van der Waals surface area contributed by atoms with Crippen LogP contribution >= 0.6 is 22.7 Å². The zero-order valence-corrected chi connectivity index (χ0v) is 15.0. The fourth-order valence-corrected chi connectivity index (χ4v) is 5.16. The molecule has 0 aliphatic carbocycles. The molecule has 1 saturated heterocycles. The second kappa shape index (κ2) is 6.08. The van der Waals surface area contributed by atoms with Crippen molar-refractivity contribution in [3.63, 3.8) is 0 Å². The Morgan fingerprint density at radius 1 is 1.36 bits per heavy atom. The van der Waals surface area contributed by atoms with Gasteiger partial charge in [-0.1, -0.05) is 0 Å². The molecule has 0 unspecified atom stereocenters. The molecule has 2 aromatic heterocycles.